The Kier molecular flexibility index (Phi) is 4.60. The molecule has 6 heteroatoms. The molecule has 0 unspecified atom stereocenters. The van der Waals surface area contributed by atoms with E-state index in [0.717, 1.165) is 21.7 Å². The number of carbonyl (C=O) groups excluding carboxylic acids is 3. The summed E-state index contributed by atoms with van der Waals surface area (Å²) in [6.45, 7) is 3.85. The van der Waals surface area contributed by atoms with Crippen LogP contribution in [0.1, 0.15) is 16.8 Å². The van der Waals surface area contributed by atoms with Crippen LogP contribution in [0.25, 0.3) is 11.8 Å². The second-order valence-corrected chi connectivity index (χ2v) is 6.87. The summed E-state index contributed by atoms with van der Waals surface area (Å²) in [6, 6.07) is 17.8. The highest BCUT2D eigenvalue weighted by atomic mass is 16.2. The van der Waals surface area contributed by atoms with Gasteiger partial charge < -0.3 is 4.57 Å². The minimum absolute atomic E-state index is 0.0984. The van der Waals surface area contributed by atoms with Crippen LogP contribution in [0.4, 0.5) is 10.5 Å². The van der Waals surface area contributed by atoms with Crippen molar-refractivity contribution < 1.29 is 14.4 Å². The number of hydrogen-bond acceptors (Lipinski definition) is 3. The molecule has 0 saturated carbocycles. The Bertz CT molecular complexity index is 1160. The number of nitrogens with one attached hydrogen (secondary N) is 1. The Morgan fingerprint density at radius 1 is 0.828 bits per heavy atom. The fourth-order valence-corrected chi connectivity index (χ4v) is 3.24. The maximum absolute atomic E-state index is 13.1. The third-order valence-corrected chi connectivity index (χ3v) is 4.96. The fourth-order valence-electron chi connectivity index (χ4n) is 3.24. The standard InChI is InChI=1S/C23H19N3O3/c1-15-10-11-19(13-16(15)2)26-22(28)20(21(27)24-23(26)29)14-18-9-6-12-25(18)17-7-4-3-5-8-17/h3-14H,1-2H3,(H,24,27,29)/b20-14+. The van der Waals surface area contributed by atoms with Crippen LogP contribution in [0.15, 0.2) is 72.4 Å². The summed E-state index contributed by atoms with van der Waals surface area (Å²) in [7, 11) is 0. The summed E-state index contributed by atoms with van der Waals surface area (Å²) in [5.74, 6) is -1.36. The molecular weight excluding hydrogens is 366 g/mol. The van der Waals surface area contributed by atoms with Gasteiger partial charge in [0.05, 0.1) is 5.69 Å². The van der Waals surface area contributed by atoms with Crippen molar-refractivity contribution in [3.8, 4) is 5.69 Å². The average Bonchev–Trinajstić information content (AvgIpc) is 3.17. The SMILES string of the molecule is Cc1ccc(N2C(=O)NC(=O)/C(=C\c3cccn3-c3ccccc3)C2=O)cc1C. The van der Waals surface area contributed by atoms with Gasteiger partial charge in [-0.1, -0.05) is 24.3 Å². The number of barbiturate groups is 1. The van der Waals surface area contributed by atoms with Crippen LogP contribution < -0.4 is 10.2 Å². The predicted octanol–water partition coefficient (Wildman–Crippen LogP) is 3.76. The first-order chi connectivity index (χ1) is 14.0. The molecule has 144 valence electrons. The molecule has 1 saturated heterocycles. The van der Waals surface area contributed by atoms with Gasteiger partial charge in [-0.05, 0) is 67.4 Å². The van der Waals surface area contributed by atoms with Crippen LogP contribution in [0.5, 0.6) is 0 Å². The van der Waals surface area contributed by atoms with Crippen LogP contribution in [0.3, 0.4) is 0 Å². The van der Waals surface area contributed by atoms with Gasteiger partial charge in [0.25, 0.3) is 11.8 Å². The normalized spacial score (nSPS) is 15.7. The smallest absolute Gasteiger partial charge is 0.317 e. The third kappa shape index (κ3) is 3.36. The predicted molar refractivity (Wildman–Crippen MR) is 111 cm³/mol. The Morgan fingerprint density at radius 3 is 2.31 bits per heavy atom. The molecule has 0 bridgehead atoms. The van der Waals surface area contributed by atoms with Crippen LogP contribution >= 0.6 is 0 Å². The van der Waals surface area contributed by atoms with Crippen molar-refractivity contribution in [1.29, 1.82) is 0 Å². The zero-order chi connectivity index (χ0) is 20.5. The molecule has 2 aromatic carbocycles. The summed E-state index contributed by atoms with van der Waals surface area (Å²) >= 11 is 0. The van der Waals surface area contributed by atoms with Gasteiger partial charge in [0, 0.05) is 17.6 Å². The molecule has 4 rings (SSSR count). The van der Waals surface area contributed by atoms with Gasteiger partial charge >= 0.3 is 6.03 Å². The molecule has 29 heavy (non-hydrogen) atoms. The van der Waals surface area contributed by atoms with E-state index in [1.165, 1.54) is 6.08 Å². The topological polar surface area (TPSA) is 71.4 Å². The number of imide groups is 2. The van der Waals surface area contributed by atoms with E-state index in [9.17, 15) is 14.4 Å². The fraction of sp³-hybridized carbons (Fsp3) is 0.0870. The van der Waals surface area contributed by atoms with E-state index in [1.807, 2.05) is 67.1 Å². The highest BCUT2D eigenvalue weighted by molar-refractivity contribution is 6.39. The van der Waals surface area contributed by atoms with E-state index in [0.29, 0.717) is 11.4 Å². The summed E-state index contributed by atoms with van der Waals surface area (Å²) in [4.78, 5) is 38.9. The Balaban J connectivity index is 1.75. The molecule has 0 radical (unpaired) electrons. The van der Waals surface area contributed by atoms with Gasteiger partial charge in [-0.15, -0.1) is 0 Å². The summed E-state index contributed by atoms with van der Waals surface area (Å²) in [6.07, 6.45) is 3.35. The van der Waals surface area contributed by atoms with Crippen molar-refractivity contribution >= 4 is 29.6 Å². The maximum Gasteiger partial charge on any atom is 0.335 e. The average molecular weight is 385 g/mol. The number of rotatable bonds is 3. The molecule has 1 fully saturated rings. The Hall–Kier alpha value is -3.93. The number of nitrogens with zero attached hydrogens (tertiary/aromatic N) is 2. The number of anilines is 1. The number of aryl methyl sites for hydroxylation is 2. The summed E-state index contributed by atoms with van der Waals surface area (Å²) < 4.78 is 1.87. The first-order valence-electron chi connectivity index (χ1n) is 9.17. The Morgan fingerprint density at radius 2 is 1.59 bits per heavy atom. The molecule has 6 nitrogen and oxygen atoms in total. The molecule has 3 aromatic rings. The number of carbonyl (C=O) groups is 3. The van der Waals surface area contributed by atoms with Gasteiger partial charge in [-0.3, -0.25) is 14.9 Å². The molecule has 0 spiro atoms. The highest BCUT2D eigenvalue weighted by Gasteiger charge is 2.37. The van der Waals surface area contributed by atoms with Crippen molar-refractivity contribution in [2.24, 2.45) is 0 Å². The third-order valence-electron chi connectivity index (χ3n) is 4.96. The van der Waals surface area contributed by atoms with Crippen molar-refractivity contribution in [3.63, 3.8) is 0 Å². The quantitative estimate of drug-likeness (QED) is 0.551. The van der Waals surface area contributed by atoms with Gasteiger partial charge in [-0.25, -0.2) is 9.69 Å². The lowest BCUT2D eigenvalue weighted by Gasteiger charge is -2.27. The van der Waals surface area contributed by atoms with Crippen molar-refractivity contribution in [2.45, 2.75) is 13.8 Å². The molecule has 4 amide bonds. The van der Waals surface area contributed by atoms with E-state index < -0.39 is 17.8 Å². The largest absolute Gasteiger partial charge is 0.335 e. The Labute approximate surface area is 168 Å². The van der Waals surface area contributed by atoms with Crippen LogP contribution in [0.2, 0.25) is 0 Å². The first-order valence-corrected chi connectivity index (χ1v) is 9.17. The second-order valence-electron chi connectivity index (χ2n) is 6.87. The molecule has 0 aliphatic carbocycles. The number of amides is 4. The van der Waals surface area contributed by atoms with Gasteiger partial charge in [0.1, 0.15) is 5.57 Å². The van der Waals surface area contributed by atoms with E-state index >= 15 is 0 Å². The van der Waals surface area contributed by atoms with Crippen LogP contribution in [-0.2, 0) is 9.59 Å². The minimum atomic E-state index is -0.751. The molecule has 1 aliphatic rings. The van der Waals surface area contributed by atoms with Crippen molar-refractivity contribution in [2.75, 3.05) is 4.90 Å². The van der Waals surface area contributed by atoms with E-state index in [1.54, 1.807) is 18.2 Å². The maximum atomic E-state index is 13.1. The lowest BCUT2D eigenvalue weighted by molar-refractivity contribution is -0.122. The number of urea groups is 1. The van der Waals surface area contributed by atoms with E-state index in [4.69, 9.17) is 0 Å². The van der Waals surface area contributed by atoms with Crippen molar-refractivity contribution in [3.05, 3.63) is 89.3 Å². The number of para-hydroxylation sites is 1. The zero-order valence-electron chi connectivity index (χ0n) is 16.0. The summed E-state index contributed by atoms with van der Waals surface area (Å²) in [5, 5.41) is 2.26. The van der Waals surface area contributed by atoms with E-state index in [2.05, 4.69) is 5.32 Å². The van der Waals surface area contributed by atoms with Crippen molar-refractivity contribution in [1.82, 2.24) is 9.88 Å². The number of hydrogen-bond donors (Lipinski definition) is 1. The van der Waals surface area contributed by atoms with Crippen LogP contribution in [-0.4, -0.2) is 22.4 Å². The minimum Gasteiger partial charge on any atom is -0.317 e. The molecule has 1 N–H and O–H groups in total. The monoisotopic (exact) mass is 385 g/mol. The molecule has 2 heterocycles. The van der Waals surface area contributed by atoms with Gasteiger partial charge in [0.15, 0.2) is 0 Å². The number of aromatic nitrogens is 1. The molecule has 1 aliphatic heterocycles. The highest BCUT2D eigenvalue weighted by Crippen LogP contribution is 2.24. The lowest BCUT2D eigenvalue weighted by atomic mass is 10.1. The van der Waals surface area contributed by atoms with Gasteiger partial charge in [-0.2, -0.15) is 0 Å². The molecule has 1 aromatic heterocycles. The first kappa shape index (κ1) is 18.4. The van der Waals surface area contributed by atoms with E-state index in [-0.39, 0.29) is 5.57 Å². The lowest BCUT2D eigenvalue weighted by Crippen LogP contribution is -2.54. The number of benzene rings is 2. The molecular formula is C23H19N3O3. The zero-order valence-corrected chi connectivity index (χ0v) is 16.0. The van der Waals surface area contributed by atoms with Crippen LogP contribution in [0, 0.1) is 13.8 Å². The summed E-state index contributed by atoms with van der Waals surface area (Å²) in [5.41, 5.74) is 3.87. The second kappa shape index (κ2) is 7.24. The van der Waals surface area contributed by atoms with Gasteiger partial charge in [0.2, 0.25) is 0 Å². The molecule has 0 atom stereocenters.